The molecule has 1 saturated carbocycles. The summed E-state index contributed by atoms with van der Waals surface area (Å²) in [6, 6.07) is 4.73. The number of hydrogen-bond acceptors (Lipinski definition) is 1. The second-order valence-electron chi connectivity index (χ2n) is 6.22. The molecule has 1 aromatic rings. The second kappa shape index (κ2) is 5.32. The predicted octanol–water partition coefficient (Wildman–Crippen LogP) is 3.83. The summed E-state index contributed by atoms with van der Waals surface area (Å²) in [5, 5.41) is 3.11. The third-order valence-electron chi connectivity index (χ3n) is 4.23. The highest BCUT2D eigenvalue weighted by molar-refractivity contribution is 5.94. The largest absolute Gasteiger partial charge is 0.349 e. The summed E-state index contributed by atoms with van der Waals surface area (Å²) in [7, 11) is 0. The molecule has 1 amide bonds. The molecule has 1 N–H and O–H groups in total. The molecule has 1 aromatic carbocycles. The first kappa shape index (κ1) is 14.0. The van der Waals surface area contributed by atoms with E-state index in [1.165, 1.54) is 12.5 Å². The molecule has 1 aliphatic rings. The van der Waals surface area contributed by atoms with Gasteiger partial charge in [0.1, 0.15) is 5.82 Å². The van der Waals surface area contributed by atoms with Crippen molar-refractivity contribution in [1.29, 1.82) is 0 Å². The molecular formula is C16H22FNO. The highest BCUT2D eigenvalue weighted by atomic mass is 19.1. The Balaban J connectivity index is 2.10. The smallest absolute Gasteiger partial charge is 0.251 e. The van der Waals surface area contributed by atoms with Crippen LogP contribution >= 0.6 is 0 Å². The van der Waals surface area contributed by atoms with Crippen molar-refractivity contribution < 1.29 is 9.18 Å². The molecule has 1 aliphatic carbocycles. The van der Waals surface area contributed by atoms with Gasteiger partial charge in [-0.15, -0.1) is 0 Å². The van der Waals surface area contributed by atoms with Crippen LogP contribution < -0.4 is 5.32 Å². The monoisotopic (exact) mass is 263 g/mol. The number of aryl methyl sites for hydroxylation is 1. The highest BCUT2D eigenvalue weighted by Crippen LogP contribution is 2.35. The molecular weight excluding hydrogens is 241 g/mol. The molecule has 0 saturated heterocycles. The number of rotatable bonds is 2. The molecule has 19 heavy (non-hydrogen) atoms. The van der Waals surface area contributed by atoms with Crippen molar-refractivity contribution in [3.63, 3.8) is 0 Å². The van der Waals surface area contributed by atoms with Gasteiger partial charge in [-0.3, -0.25) is 4.79 Å². The van der Waals surface area contributed by atoms with Gasteiger partial charge >= 0.3 is 0 Å². The predicted molar refractivity (Wildman–Crippen MR) is 74.6 cm³/mol. The number of carbonyl (C=O) groups is 1. The zero-order valence-corrected chi connectivity index (χ0v) is 11.9. The molecule has 1 atom stereocenters. The molecule has 3 heteroatoms. The van der Waals surface area contributed by atoms with Gasteiger partial charge in [0.05, 0.1) is 0 Å². The molecule has 0 heterocycles. The van der Waals surface area contributed by atoms with Crippen LogP contribution in [0, 0.1) is 18.2 Å². The highest BCUT2D eigenvalue weighted by Gasteiger charge is 2.33. The van der Waals surface area contributed by atoms with E-state index >= 15 is 0 Å². The van der Waals surface area contributed by atoms with Crippen LogP contribution in [0.3, 0.4) is 0 Å². The third-order valence-corrected chi connectivity index (χ3v) is 4.23. The normalized spacial score (nSPS) is 22.0. The number of halogens is 1. The molecule has 1 unspecified atom stereocenters. The average Bonchev–Trinajstić information content (AvgIpc) is 2.35. The summed E-state index contributed by atoms with van der Waals surface area (Å²) in [6.45, 7) is 6.08. The number of nitrogens with one attached hydrogen (secondary N) is 1. The van der Waals surface area contributed by atoms with Gasteiger partial charge in [0.25, 0.3) is 5.91 Å². The van der Waals surface area contributed by atoms with Crippen molar-refractivity contribution in [2.45, 2.75) is 52.5 Å². The molecule has 104 valence electrons. The quantitative estimate of drug-likeness (QED) is 0.863. The second-order valence-corrected chi connectivity index (χ2v) is 6.22. The first-order chi connectivity index (χ1) is 8.90. The van der Waals surface area contributed by atoms with E-state index < -0.39 is 0 Å². The van der Waals surface area contributed by atoms with Gasteiger partial charge in [0.2, 0.25) is 0 Å². The van der Waals surface area contributed by atoms with Crippen LogP contribution in [0.4, 0.5) is 4.39 Å². The lowest BCUT2D eigenvalue weighted by Crippen LogP contribution is -2.46. The molecule has 2 rings (SSSR count). The van der Waals surface area contributed by atoms with E-state index in [1.54, 1.807) is 19.1 Å². The van der Waals surface area contributed by atoms with Crippen molar-refractivity contribution in [3.05, 3.63) is 35.1 Å². The van der Waals surface area contributed by atoms with Gasteiger partial charge in [0, 0.05) is 11.6 Å². The first-order valence-electron chi connectivity index (χ1n) is 6.97. The minimum absolute atomic E-state index is 0.0944. The molecule has 0 radical (unpaired) electrons. The van der Waals surface area contributed by atoms with Crippen LogP contribution in [-0.4, -0.2) is 11.9 Å². The fourth-order valence-electron chi connectivity index (χ4n) is 2.79. The fourth-order valence-corrected chi connectivity index (χ4v) is 2.79. The average molecular weight is 263 g/mol. The maximum absolute atomic E-state index is 13.2. The molecule has 1 fully saturated rings. The zero-order chi connectivity index (χ0) is 14.0. The van der Waals surface area contributed by atoms with Crippen LogP contribution in [-0.2, 0) is 0 Å². The van der Waals surface area contributed by atoms with Crippen molar-refractivity contribution in [3.8, 4) is 0 Å². The van der Waals surface area contributed by atoms with Crippen LogP contribution in [0.25, 0.3) is 0 Å². The molecule has 0 aliphatic heterocycles. The summed E-state index contributed by atoms with van der Waals surface area (Å²) in [5.41, 5.74) is 1.19. The van der Waals surface area contributed by atoms with E-state index in [-0.39, 0.29) is 23.2 Å². The van der Waals surface area contributed by atoms with Gasteiger partial charge in [-0.1, -0.05) is 26.7 Å². The summed E-state index contributed by atoms with van der Waals surface area (Å²) in [6.07, 6.45) is 4.56. The van der Waals surface area contributed by atoms with E-state index in [1.807, 2.05) is 0 Å². The Morgan fingerprint density at radius 2 is 2.11 bits per heavy atom. The van der Waals surface area contributed by atoms with E-state index in [0.29, 0.717) is 11.1 Å². The SMILES string of the molecule is Cc1cc(C(=O)NC2CCCCC2(C)C)ccc1F. The standard InChI is InChI=1S/C16H22FNO/c1-11-10-12(7-8-13(11)17)15(19)18-14-6-4-5-9-16(14,2)3/h7-8,10,14H,4-6,9H2,1-3H3,(H,18,19). The lowest BCUT2D eigenvalue weighted by atomic mass is 9.73. The number of carbonyl (C=O) groups excluding carboxylic acids is 1. The number of hydrogen-bond donors (Lipinski definition) is 1. The van der Waals surface area contributed by atoms with Crippen molar-refractivity contribution in [1.82, 2.24) is 5.32 Å². The van der Waals surface area contributed by atoms with Gasteiger partial charge in [-0.25, -0.2) is 4.39 Å². The van der Waals surface area contributed by atoms with Gasteiger partial charge in [-0.2, -0.15) is 0 Å². The van der Waals surface area contributed by atoms with Crippen LogP contribution in [0.15, 0.2) is 18.2 Å². The number of benzene rings is 1. The Labute approximate surface area is 114 Å². The summed E-state index contributed by atoms with van der Waals surface area (Å²) >= 11 is 0. The molecule has 2 nitrogen and oxygen atoms in total. The molecule has 0 aromatic heterocycles. The molecule has 0 bridgehead atoms. The van der Waals surface area contributed by atoms with E-state index in [2.05, 4.69) is 19.2 Å². The Morgan fingerprint density at radius 3 is 2.74 bits per heavy atom. The Morgan fingerprint density at radius 1 is 1.37 bits per heavy atom. The van der Waals surface area contributed by atoms with Crippen LogP contribution in [0.1, 0.15) is 55.5 Å². The summed E-state index contributed by atoms with van der Waals surface area (Å²) < 4.78 is 13.2. The lowest BCUT2D eigenvalue weighted by molar-refractivity contribution is 0.0853. The Kier molecular flexibility index (Phi) is 3.93. The Bertz CT molecular complexity index is 482. The van der Waals surface area contributed by atoms with Gasteiger partial charge < -0.3 is 5.32 Å². The topological polar surface area (TPSA) is 29.1 Å². The maximum Gasteiger partial charge on any atom is 0.251 e. The van der Waals surface area contributed by atoms with Crippen molar-refractivity contribution >= 4 is 5.91 Å². The van der Waals surface area contributed by atoms with E-state index in [9.17, 15) is 9.18 Å². The summed E-state index contributed by atoms with van der Waals surface area (Å²) in [5.74, 6) is -0.363. The Hall–Kier alpha value is -1.38. The fraction of sp³-hybridized carbons (Fsp3) is 0.562. The van der Waals surface area contributed by atoms with E-state index in [4.69, 9.17) is 0 Å². The van der Waals surface area contributed by atoms with Crippen molar-refractivity contribution in [2.75, 3.05) is 0 Å². The zero-order valence-electron chi connectivity index (χ0n) is 11.9. The van der Waals surface area contributed by atoms with Gasteiger partial charge in [0.15, 0.2) is 0 Å². The number of amides is 1. The third kappa shape index (κ3) is 3.14. The minimum atomic E-state index is -0.269. The maximum atomic E-state index is 13.2. The van der Waals surface area contributed by atoms with Crippen molar-refractivity contribution in [2.24, 2.45) is 5.41 Å². The minimum Gasteiger partial charge on any atom is -0.349 e. The van der Waals surface area contributed by atoms with E-state index in [0.717, 1.165) is 19.3 Å². The van der Waals surface area contributed by atoms with Crippen LogP contribution in [0.2, 0.25) is 0 Å². The van der Waals surface area contributed by atoms with Crippen LogP contribution in [0.5, 0.6) is 0 Å². The molecule has 0 spiro atoms. The lowest BCUT2D eigenvalue weighted by Gasteiger charge is -2.39. The van der Waals surface area contributed by atoms with Gasteiger partial charge in [-0.05, 0) is 48.9 Å². The first-order valence-corrected chi connectivity index (χ1v) is 6.97. The summed E-state index contributed by atoms with van der Waals surface area (Å²) in [4.78, 5) is 12.2.